The zero-order chi connectivity index (χ0) is 15.9. The van der Waals surface area contributed by atoms with Crippen molar-refractivity contribution in [3.63, 3.8) is 0 Å². The summed E-state index contributed by atoms with van der Waals surface area (Å²) in [7, 11) is 0. The number of likely N-dealkylation sites (tertiary alicyclic amines) is 1. The van der Waals surface area contributed by atoms with Gasteiger partial charge in [-0.15, -0.1) is 0 Å². The number of fused-ring (bicyclic) bond motifs is 1. The molecule has 0 spiro atoms. The second kappa shape index (κ2) is 5.61. The first-order valence-corrected chi connectivity index (χ1v) is 7.51. The van der Waals surface area contributed by atoms with Gasteiger partial charge in [0, 0.05) is 19.3 Å². The molecule has 2 aromatic heterocycles. The lowest BCUT2D eigenvalue weighted by atomic mass is 9.97. The van der Waals surface area contributed by atoms with Crippen LogP contribution in [0.5, 0.6) is 0 Å². The van der Waals surface area contributed by atoms with Gasteiger partial charge < -0.3 is 10.0 Å². The van der Waals surface area contributed by atoms with Crippen molar-refractivity contribution < 1.29 is 14.7 Å². The fourth-order valence-corrected chi connectivity index (χ4v) is 3.03. The Balaban J connectivity index is 1.88. The van der Waals surface area contributed by atoms with Crippen LogP contribution in [0.25, 0.3) is 5.65 Å². The van der Waals surface area contributed by atoms with E-state index < -0.39 is 5.97 Å². The highest BCUT2D eigenvalue weighted by atomic mass is 35.5. The minimum absolute atomic E-state index is 0.129. The number of aryl methyl sites for hydroxylation is 1. The Kier molecular flexibility index (Phi) is 3.78. The molecule has 7 heteroatoms. The molecule has 1 fully saturated rings. The molecule has 0 radical (unpaired) electrons. The van der Waals surface area contributed by atoms with Crippen LogP contribution in [0.1, 0.15) is 29.0 Å². The Labute approximate surface area is 132 Å². The van der Waals surface area contributed by atoms with E-state index in [0.29, 0.717) is 48.0 Å². The maximum atomic E-state index is 12.8. The summed E-state index contributed by atoms with van der Waals surface area (Å²) >= 11 is 6.01. The molecular weight excluding hydrogens is 306 g/mol. The topological polar surface area (TPSA) is 74.9 Å². The molecule has 1 amide bonds. The van der Waals surface area contributed by atoms with Crippen molar-refractivity contribution in [2.45, 2.75) is 19.8 Å². The molecule has 0 aromatic carbocycles. The van der Waals surface area contributed by atoms with Gasteiger partial charge in [0.25, 0.3) is 5.91 Å². The highest BCUT2D eigenvalue weighted by Crippen LogP contribution is 2.22. The number of amides is 1. The first kappa shape index (κ1) is 14.8. The Hall–Kier alpha value is -2.08. The van der Waals surface area contributed by atoms with Crippen molar-refractivity contribution in [1.82, 2.24) is 14.3 Å². The van der Waals surface area contributed by atoms with Crippen LogP contribution >= 0.6 is 11.6 Å². The number of halogens is 1. The molecule has 1 aliphatic heterocycles. The molecule has 22 heavy (non-hydrogen) atoms. The van der Waals surface area contributed by atoms with Gasteiger partial charge in [0.05, 0.1) is 16.6 Å². The van der Waals surface area contributed by atoms with Gasteiger partial charge in [0.2, 0.25) is 0 Å². The molecule has 3 rings (SSSR count). The van der Waals surface area contributed by atoms with Crippen LogP contribution in [0, 0.1) is 12.8 Å². The largest absolute Gasteiger partial charge is 0.481 e. The van der Waals surface area contributed by atoms with Gasteiger partial charge in [0.15, 0.2) is 0 Å². The minimum atomic E-state index is -0.787. The number of carboxylic acid groups (broad SMARTS) is 1. The molecule has 1 aliphatic rings. The van der Waals surface area contributed by atoms with E-state index in [0.717, 1.165) is 0 Å². The first-order chi connectivity index (χ1) is 10.5. The number of carbonyl (C=O) groups excluding carboxylic acids is 1. The Morgan fingerprint density at radius 2 is 2.00 bits per heavy atom. The predicted octanol–water partition coefficient (Wildman–Crippen LogP) is 2.23. The van der Waals surface area contributed by atoms with E-state index >= 15 is 0 Å². The predicted molar refractivity (Wildman–Crippen MR) is 81.2 cm³/mol. The summed E-state index contributed by atoms with van der Waals surface area (Å²) in [5, 5.41) is 9.56. The molecule has 6 nitrogen and oxygen atoms in total. The fourth-order valence-electron chi connectivity index (χ4n) is 2.87. The Morgan fingerprint density at radius 1 is 1.32 bits per heavy atom. The number of pyridine rings is 1. The number of aliphatic carboxylic acids is 1. The van der Waals surface area contributed by atoms with Crippen LogP contribution in [0.2, 0.25) is 5.02 Å². The lowest BCUT2D eigenvalue weighted by Crippen LogP contribution is -2.40. The zero-order valence-electron chi connectivity index (χ0n) is 12.1. The van der Waals surface area contributed by atoms with Gasteiger partial charge in [0.1, 0.15) is 11.3 Å². The number of hydrogen-bond donors (Lipinski definition) is 1. The monoisotopic (exact) mass is 321 g/mol. The number of hydrogen-bond acceptors (Lipinski definition) is 3. The molecule has 0 saturated carbocycles. The molecule has 2 aromatic rings. The van der Waals surface area contributed by atoms with Crippen molar-refractivity contribution in [2.24, 2.45) is 5.92 Å². The van der Waals surface area contributed by atoms with Crippen LogP contribution in [-0.2, 0) is 4.79 Å². The number of piperidine rings is 1. The standard InChI is InChI=1S/C15H16ClN3O3/c1-9-13(19-8-11(16)2-3-12(19)17-9)14(20)18-6-4-10(5-7-18)15(21)22/h2-3,8,10H,4-7H2,1H3,(H,21,22). The highest BCUT2D eigenvalue weighted by molar-refractivity contribution is 6.30. The van der Waals surface area contributed by atoms with Crippen LogP contribution in [0.15, 0.2) is 18.3 Å². The van der Waals surface area contributed by atoms with E-state index in [-0.39, 0.29) is 11.8 Å². The van der Waals surface area contributed by atoms with Crippen molar-refractivity contribution in [2.75, 3.05) is 13.1 Å². The Bertz CT molecular complexity index is 748. The molecule has 0 bridgehead atoms. The van der Waals surface area contributed by atoms with E-state index in [1.807, 2.05) is 0 Å². The number of aromatic nitrogens is 2. The summed E-state index contributed by atoms with van der Waals surface area (Å²) < 4.78 is 1.70. The van der Waals surface area contributed by atoms with E-state index in [2.05, 4.69) is 4.98 Å². The molecular formula is C15H16ClN3O3. The van der Waals surface area contributed by atoms with E-state index in [1.54, 1.807) is 34.6 Å². The number of carboxylic acids is 1. The number of imidazole rings is 1. The number of rotatable bonds is 2. The summed E-state index contributed by atoms with van der Waals surface area (Å²) in [6.45, 7) is 2.68. The van der Waals surface area contributed by atoms with Crippen LogP contribution in [-0.4, -0.2) is 44.4 Å². The van der Waals surface area contributed by atoms with E-state index in [9.17, 15) is 9.59 Å². The number of nitrogens with zero attached hydrogens (tertiary/aromatic N) is 3. The summed E-state index contributed by atoms with van der Waals surface area (Å²) in [6, 6.07) is 3.50. The van der Waals surface area contributed by atoms with E-state index in [1.165, 1.54) is 0 Å². The molecule has 1 N–H and O–H groups in total. The molecule has 0 aliphatic carbocycles. The highest BCUT2D eigenvalue weighted by Gasteiger charge is 2.29. The maximum absolute atomic E-state index is 12.8. The molecule has 3 heterocycles. The minimum Gasteiger partial charge on any atom is -0.481 e. The molecule has 0 atom stereocenters. The third kappa shape index (κ3) is 2.54. The lowest BCUT2D eigenvalue weighted by molar-refractivity contribution is -0.143. The van der Waals surface area contributed by atoms with Gasteiger partial charge in [-0.3, -0.25) is 14.0 Å². The summed E-state index contributed by atoms with van der Waals surface area (Å²) in [5.74, 6) is -1.28. The van der Waals surface area contributed by atoms with Gasteiger partial charge in [-0.1, -0.05) is 11.6 Å². The molecule has 0 unspecified atom stereocenters. The van der Waals surface area contributed by atoms with Gasteiger partial charge in [-0.2, -0.15) is 0 Å². The van der Waals surface area contributed by atoms with Crippen molar-refractivity contribution in [3.8, 4) is 0 Å². The summed E-state index contributed by atoms with van der Waals surface area (Å²) in [5.41, 5.74) is 1.81. The Morgan fingerprint density at radius 3 is 2.64 bits per heavy atom. The van der Waals surface area contributed by atoms with Crippen molar-refractivity contribution in [1.29, 1.82) is 0 Å². The van der Waals surface area contributed by atoms with Crippen LogP contribution in [0.4, 0.5) is 0 Å². The number of carbonyl (C=O) groups is 2. The van der Waals surface area contributed by atoms with Gasteiger partial charge >= 0.3 is 5.97 Å². The molecule has 1 saturated heterocycles. The zero-order valence-corrected chi connectivity index (χ0v) is 12.9. The quantitative estimate of drug-likeness (QED) is 0.920. The average Bonchev–Trinajstić information content (AvgIpc) is 2.82. The smallest absolute Gasteiger partial charge is 0.306 e. The average molecular weight is 322 g/mol. The first-order valence-electron chi connectivity index (χ1n) is 7.13. The second-order valence-electron chi connectivity index (χ2n) is 5.53. The second-order valence-corrected chi connectivity index (χ2v) is 5.96. The normalized spacial score (nSPS) is 16.2. The van der Waals surface area contributed by atoms with Gasteiger partial charge in [-0.05, 0) is 31.9 Å². The summed E-state index contributed by atoms with van der Waals surface area (Å²) in [6.07, 6.45) is 2.64. The van der Waals surface area contributed by atoms with Crippen LogP contribution < -0.4 is 0 Å². The SMILES string of the molecule is Cc1nc2ccc(Cl)cn2c1C(=O)N1CCC(C(=O)O)CC1. The fraction of sp³-hybridized carbons (Fsp3) is 0.400. The third-order valence-electron chi connectivity index (χ3n) is 4.09. The van der Waals surface area contributed by atoms with E-state index in [4.69, 9.17) is 16.7 Å². The summed E-state index contributed by atoms with van der Waals surface area (Å²) in [4.78, 5) is 29.8. The van der Waals surface area contributed by atoms with Gasteiger partial charge in [-0.25, -0.2) is 4.98 Å². The van der Waals surface area contributed by atoms with Crippen LogP contribution in [0.3, 0.4) is 0 Å². The van der Waals surface area contributed by atoms with Crippen molar-refractivity contribution >= 4 is 29.1 Å². The van der Waals surface area contributed by atoms with Crippen molar-refractivity contribution in [3.05, 3.63) is 34.7 Å². The third-order valence-corrected chi connectivity index (χ3v) is 4.31. The maximum Gasteiger partial charge on any atom is 0.306 e. The molecule has 116 valence electrons. The lowest BCUT2D eigenvalue weighted by Gasteiger charge is -2.30.